The number of thioether (sulfide) groups is 1. The van der Waals surface area contributed by atoms with Gasteiger partial charge in [0.25, 0.3) is 11.6 Å². The molecule has 0 saturated carbocycles. The van der Waals surface area contributed by atoms with Gasteiger partial charge < -0.3 is 15.4 Å². The van der Waals surface area contributed by atoms with E-state index in [9.17, 15) is 14.9 Å². The van der Waals surface area contributed by atoms with E-state index in [2.05, 4.69) is 15.5 Å². The van der Waals surface area contributed by atoms with E-state index in [0.29, 0.717) is 24.5 Å². The van der Waals surface area contributed by atoms with Crippen molar-refractivity contribution < 1.29 is 14.5 Å². The van der Waals surface area contributed by atoms with Gasteiger partial charge in [0.15, 0.2) is 0 Å². The van der Waals surface area contributed by atoms with Gasteiger partial charge in [0.05, 0.1) is 11.5 Å². The van der Waals surface area contributed by atoms with Crippen molar-refractivity contribution in [3.8, 4) is 0 Å². The minimum Gasteiger partial charge on any atom is -0.383 e. The molecule has 0 unspecified atom stereocenters. The molecule has 1 heterocycles. The van der Waals surface area contributed by atoms with Gasteiger partial charge >= 0.3 is 0 Å². The van der Waals surface area contributed by atoms with Gasteiger partial charge in [-0.2, -0.15) is 11.8 Å². The average molecular weight is 431 g/mol. The second kappa shape index (κ2) is 11.0. The first-order valence-electron chi connectivity index (χ1n) is 9.78. The number of amides is 1. The molecule has 1 aliphatic rings. The molecule has 30 heavy (non-hydrogen) atoms. The lowest BCUT2D eigenvalue weighted by atomic mass is 10.1. The Morgan fingerprint density at radius 1 is 1.23 bits per heavy atom. The van der Waals surface area contributed by atoms with Crippen molar-refractivity contribution in [3.05, 3.63) is 63.7 Å². The molecule has 0 radical (unpaired) electrons. The molecule has 0 bridgehead atoms. The molecule has 1 fully saturated rings. The smallest absolute Gasteiger partial charge is 0.293 e. The molecule has 2 N–H and O–H groups in total. The lowest BCUT2D eigenvalue weighted by Gasteiger charge is -2.26. The van der Waals surface area contributed by atoms with Crippen LogP contribution in [-0.2, 0) is 11.3 Å². The maximum Gasteiger partial charge on any atom is 0.293 e. The van der Waals surface area contributed by atoms with Crippen LogP contribution in [-0.4, -0.2) is 60.6 Å². The first-order valence-corrected chi connectivity index (χ1v) is 10.9. The van der Waals surface area contributed by atoms with Crippen LogP contribution in [0.2, 0.25) is 0 Å². The van der Waals surface area contributed by atoms with Crippen LogP contribution in [0.3, 0.4) is 0 Å². The van der Waals surface area contributed by atoms with E-state index in [1.807, 2.05) is 36.0 Å². The summed E-state index contributed by atoms with van der Waals surface area (Å²) in [5.41, 5.74) is 2.25. The Labute approximate surface area is 180 Å². The standard InChI is InChI=1S/C21H26N4O4S/c1-29-10-7-22-19-6-5-17(14-20(19)25(27)28)21(26)23-18-4-2-3-16(13-18)15-24-8-11-30-12-9-24/h2-6,13-14,22H,7-12,15H2,1H3,(H,23,26). The number of benzene rings is 2. The van der Waals surface area contributed by atoms with Crippen molar-refractivity contribution in [2.24, 2.45) is 0 Å². The minimum absolute atomic E-state index is 0.143. The van der Waals surface area contributed by atoms with Crippen LogP contribution >= 0.6 is 11.8 Å². The van der Waals surface area contributed by atoms with E-state index in [-0.39, 0.29) is 17.2 Å². The fourth-order valence-electron chi connectivity index (χ4n) is 3.23. The van der Waals surface area contributed by atoms with E-state index in [1.54, 1.807) is 19.2 Å². The fourth-order valence-corrected chi connectivity index (χ4v) is 4.21. The third kappa shape index (κ3) is 6.19. The highest BCUT2D eigenvalue weighted by molar-refractivity contribution is 7.99. The van der Waals surface area contributed by atoms with Crippen LogP contribution < -0.4 is 10.6 Å². The van der Waals surface area contributed by atoms with Gasteiger partial charge in [-0.15, -0.1) is 0 Å². The summed E-state index contributed by atoms with van der Waals surface area (Å²) in [6.45, 7) is 3.83. The van der Waals surface area contributed by atoms with Crippen LogP contribution in [0.15, 0.2) is 42.5 Å². The molecule has 1 aliphatic heterocycles. The van der Waals surface area contributed by atoms with E-state index < -0.39 is 4.92 Å². The van der Waals surface area contributed by atoms with Gasteiger partial charge in [-0.3, -0.25) is 19.8 Å². The number of methoxy groups -OCH3 is 1. The molecule has 160 valence electrons. The van der Waals surface area contributed by atoms with Crippen molar-refractivity contribution in [2.75, 3.05) is 55.5 Å². The minimum atomic E-state index is -0.497. The summed E-state index contributed by atoms with van der Waals surface area (Å²) in [5, 5.41) is 17.2. The summed E-state index contributed by atoms with van der Waals surface area (Å²) < 4.78 is 4.95. The number of nitrogens with zero attached hydrogens (tertiary/aromatic N) is 2. The number of carbonyl (C=O) groups excluding carboxylic acids is 1. The molecule has 3 rings (SSSR count). The predicted octanol–water partition coefficient (Wildman–Crippen LogP) is 3.45. The Balaban J connectivity index is 1.68. The van der Waals surface area contributed by atoms with Crippen molar-refractivity contribution in [2.45, 2.75) is 6.54 Å². The van der Waals surface area contributed by atoms with Crippen molar-refractivity contribution in [3.63, 3.8) is 0 Å². The van der Waals surface area contributed by atoms with Crippen LogP contribution in [0.1, 0.15) is 15.9 Å². The molecular weight excluding hydrogens is 404 g/mol. The Morgan fingerprint density at radius 3 is 2.77 bits per heavy atom. The molecule has 9 heteroatoms. The highest BCUT2D eigenvalue weighted by atomic mass is 32.2. The van der Waals surface area contributed by atoms with Gasteiger partial charge in [-0.05, 0) is 29.8 Å². The average Bonchev–Trinajstić information content (AvgIpc) is 2.75. The molecule has 1 amide bonds. The van der Waals surface area contributed by atoms with Gasteiger partial charge in [0.2, 0.25) is 0 Å². The Bertz CT molecular complexity index is 887. The lowest BCUT2D eigenvalue weighted by Crippen LogP contribution is -2.31. The molecule has 0 aliphatic carbocycles. The van der Waals surface area contributed by atoms with E-state index in [0.717, 1.165) is 36.7 Å². The molecule has 0 aromatic heterocycles. The summed E-state index contributed by atoms with van der Waals surface area (Å²) in [6.07, 6.45) is 0. The molecule has 0 atom stereocenters. The number of nitrogens with one attached hydrogen (secondary N) is 2. The van der Waals surface area contributed by atoms with Gasteiger partial charge in [0.1, 0.15) is 5.69 Å². The third-order valence-corrected chi connectivity index (χ3v) is 5.72. The first kappa shape index (κ1) is 22.1. The second-order valence-corrected chi connectivity index (χ2v) is 8.18. The van der Waals surface area contributed by atoms with Gasteiger partial charge in [0, 0.05) is 62.1 Å². The molecular formula is C21H26N4O4S. The number of anilines is 2. The molecule has 1 saturated heterocycles. The maximum atomic E-state index is 12.7. The van der Waals surface area contributed by atoms with Gasteiger partial charge in [-0.25, -0.2) is 0 Å². The third-order valence-electron chi connectivity index (χ3n) is 4.77. The Hall–Kier alpha value is -2.62. The first-order chi connectivity index (χ1) is 14.6. The summed E-state index contributed by atoms with van der Waals surface area (Å²) in [7, 11) is 1.56. The number of carbonyl (C=O) groups is 1. The van der Waals surface area contributed by atoms with Crippen LogP contribution in [0.5, 0.6) is 0 Å². The van der Waals surface area contributed by atoms with Crippen LogP contribution in [0.4, 0.5) is 17.1 Å². The second-order valence-electron chi connectivity index (χ2n) is 6.95. The zero-order valence-corrected chi connectivity index (χ0v) is 17.7. The van der Waals surface area contributed by atoms with Crippen molar-refractivity contribution in [1.29, 1.82) is 0 Å². The fraction of sp³-hybridized carbons (Fsp3) is 0.381. The van der Waals surface area contributed by atoms with Gasteiger partial charge in [-0.1, -0.05) is 12.1 Å². The molecule has 0 spiro atoms. The Kier molecular flexibility index (Phi) is 8.06. The summed E-state index contributed by atoms with van der Waals surface area (Å²) >= 11 is 1.97. The number of nitro benzene ring substituents is 1. The molecule has 2 aromatic rings. The summed E-state index contributed by atoms with van der Waals surface area (Å²) in [4.78, 5) is 26.0. The van der Waals surface area contributed by atoms with Crippen molar-refractivity contribution >= 4 is 34.7 Å². The number of hydrogen-bond acceptors (Lipinski definition) is 7. The highest BCUT2D eigenvalue weighted by Gasteiger charge is 2.18. The molecule has 2 aromatic carbocycles. The Morgan fingerprint density at radius 2 is 2.03 bits per heavy atom. The lowest BCUT2D eigenvalue weighted by molar-refractivity contribution is -0.384. The SMILES string of the molecule is COCCNc1ccc(C(=O)Nc2cccc(CN3CCSCC3)c2)cc1[N+](=O)[O-]. The van der Waals surface area contributed by atoms with E-state index >= 15 is 0 Å². The summed E-state index contributed by atoms with van der Waals surface area (Å²) in [5.74, 6) is 1.91. The van der Waals surface area contributed by atoms with E-state index in [4.69, 9.17) is 4.74 Å². The number of nitro groups is 1. The topological polar surface area (TPSA) is 96.7 Å². The largest absolute Gasteiger partial charge is 0.383 e. The summed E-state index contributed by atoms with van der Waals surface area (Å²) in [6, 6.07) is 12.1. The molecule has 8 nitrogen and oxygen atoms in total. The number of rotatable bonds is 9. The van der Waals surface area contributed by atoms with Crippen LogP contribution in [0, 0.1) is 10.1 Å². The number of hydrogen-bond donors (Lipinski definition) is 2. The predicted molar refractivity (Wildman–Crippen MR) is 120 cm³/mol. The zero-order valence-electron chi connectivity index (χ0n) is 16.9. The normalized spacial score (nSPS) is 14.3. The monoisotopic (exact) mass is 430 g/mol. The highest BCUT2D eigenvalue weighted by Crippen LogP contribution is 2.26. The number of ether oxygens (including phenoxy) is 1. The van der Waals surface area contributed by atoms with Crippen LogP contribution in [0.25, 0.3) is 0 Å². The maximum absolute atomic E-state index is 12.7. The quantitative estimate of drug-likeness (QED) is 0.357. The van der Waals surface area contributed by atoms with Crippen molar-refractivity contribution in [1.82, 2.24) is 4.90 Å². The van der Waals surface area contributed by atoms with E-state index in [1.165, 1.54) is 6.07 Å². The zero-order chi connectivity index (χ0) is 21.3.